The zero-order valence-corrected chi connectivity index (χ0v) is 13.1. The second-order valence-corrected chi connectivity index (χ2v) is 5.70. The number of halogens is 1. The number of hydrogen-bond acceptors (Lipinski definition) is 3. The number of rotatable bonds is 4. The summed E-state index contributed by atoms with van der Waals surface area (Å²) in [5.41, 5.74) is 2.04. The molecule has 1 unspecified atom stereocenters. The Morgan fingerprint density at radius 1 is 1.00 bits per heavy atom. The number of carbonyl (C=O) groups is 2. The van der Waals surface area contributed by atoms with Gasteiger partial charge in [-0.1, -0.05) is 24.3 Å². The van der Waals surface area contributed by atoms with Gasteiger partial charge in [-0.3, -0.25) is 14.6 Å². The average molecular weight is 328 g/mol. The van der Waals surface area contributed by atoms with E-state index in [2.05, 4.69) is 0 Å². The summed E-state index contributed by atoms with van der Waals surface area (Å²) in [6.07, 6.45) is 0. The Hall–Kier alpha value is -2.73. The summed E-state index contributed by atoms with van der Waals surface area (Å²) in [5.74, 6) is -0.694. The van der Waals surface area contributed by atoms with Crippen LogP contribution in [0.25, 0.3) is 0 Å². The standard InChI is InChI=1S/C18H17FN2O3/c1-12-17(23)20(10-13-2-4-14(11-22)5-3-13)18(24)21(12)16-8-6-15(19)7-9-16/h2-9,12,22H,10-11H2,1H3. The van der Waals surface area contributed by atoms with Gasteiger partial charge in [0, 0.05) is 5.69 Å². The minimum atomic E-state index is -0.639. The van der Waals surface area contributed by atoms with Crippen LogP contribution in [0.4, 0.5) is 14.9 Å². The van der Waals surface area contributed by atoms with E-state index in [0.29, 0.717) is 5.69 Å². The average Bonchev–Trinajstić information content (AvgIpc) is 2.80. The van der Waals surface area contributed by atoms with Crippen molar-refractivity contribution in [3.8, 4) is 0 Å². The predicted molar refractivity (Wildman–Crippen MR) is 86.7 cm³/mol. The van der Waals surface area contributed by atoms with Crippen LogP contribution in [0.1, 0.15) is 18.1 Å². The maximum atomic E-state index is 13.1. The predicted octanol–water partition coefficient (Wildman–Crippen LogP) is 2.68. The van der Waals surface area contributed by atoms with Crippen molar-refractivity contribution < 1.29 is 19.1 Å². The van der Waals surface area contributed by atoms with Crippen molar-refractivity contribution in [1.29, 1.82) is 0 Å². The first-order valence-electron chi connectivity index (χ1n) is 7.60. The number of urea groups is 1. The maximum Gasteiger partial charge on any atom is 0.332 e. The van der Waals surface area contributed by atoms with E-state index in [-0.39, 0.29) is 19.1 Å². The van der Waals surface area contributed by atoms with Gasteiger partial charge in [-0.25, -0.2) is 9.18 Å². The fraction of sp³-hybridized carbons (Fsp3) is 0.222. The van der Waals surface area contributed by atoms with Crippen LogP contribution in [-0.2, 0) is 17.9 Å². The molecule has 1 heterocycles. The summed E-state index contributed by atoms with van der Waals surface area (Å²) < 4.78 is 13.1. The molecule has 0 aromatic heterocycles. The van der Waals surface area contributed by atoms with E-state index in [1.54, 1.807) is 31.2 Å². The van der Waals surface area contributed by atoms with Crippen molar-refractivity contribution in [2.45, 2.75) is 26.1 Å². The van der Waals surface area contributed by atoms with Crippen LogP contribution in [0.5, 0.6) is 0 Å². The number of imide groups is 1. The summed E-state index contributed by atoms with van der Waals surface area (Å²) in [7, 11) is 0. The zero-order valence-electron chi connectivity index (χ0n) is 13.1. The molecule has 0 bridgehead atoms. The van der Waals surface area contributed by atoms with Gasteiger partial charge in [-0.2, -0.15) is 0 Å². The lowest BCUT2D eigenvalue weighted by Gasteiger charge is -2.19. The fourth-order valence-corrected chi connectivity index (χ4v) is 2.74. The number of aliphatic hydroxyl groups excluding tert-OH is 1. The normalized spacial score (nSPS) is 17.7. The molecule has 1 atom stereocenters. The minimum Gasteiger partial charge on any atom is -0.392 e. The van der Waals surface area contributed by atoms with Crippen LogP contribution in [0.3, 0.4) is 0 Å². The van der Waals surface area contributed by atoms with Gasteiger partial charge in [0.1, 0.15) is 11.9 Å². The summed E-state index contributed by atoms with van der Waals surface area (Å²) in [6, 6.07) is 11.5. The van der Waals surface area contributed by atoms with Crippen molar-refractivity contribution >= 4 is 17.6 Å². The fourth-order valence-electron chi connectivity index (χ4n) is 2.74. The van der Waals surface area contributed by atoms with Crippen LogP contribution in [0.2, 0.25) is 0 Å². The first kappa shape index (κ1) is 16.1. The highest BCUT2D eigenvalue weighted by Crippen LogP contribution is 2.27. The van der Waals surface area contributed by atoms with E-state index in [4.69, 9.17) is 5.11 Å². The quantitative estimate of drug-likeness (QED) is 0.878. The van der Waals surface area contributed by atoms with Gasteiger partial charge < -0.3 is 5.11 Å². The number of aliphatic hydroxyl groups is 1. The summed E-state index contributed by atoms with van der Waals surface area (Å²) in [5, 5.41) is 9.06. The molecule has 0 spiro atoms. The lowest BCUT2D eigenvalue weighted by atomic mass is 10.1. The number of nitrogens with zero attached hydrogens (tertiary/aromatic N) is 2. The third-order valence-corrected chi connectivity index (χ3v) is 4.10. The highest BCUT2D eigenvalue weighted by molar-refractivity contribution is 6.13. The molecule has 2 aromatic rings. The van der Waals surface area contributed by atoms with Gasteiger partial charge in [0.15, 0.2) is 0 Å². The maximum absolute atomic E-state index is 13.1. The Labute approximate surface area is 138 Å². The van der Waals surface area contributed by atoms with E-state index in [9.17, 15) is 14.0 Å². The highest BCUT2D eigenvalue weighted by atomic mass is 19.1. The van der Waals surface area contributed by atoms with E-state index in [1.165, 1.54) is 34.1 Å². The second-order valence-electron chi connectivity index (χ2n) is 5.70. The molecule has 3 amide bonds. The lowest BCUT2D eigenvalue weighted by Crippen LogP contribution is -2.33. The molecule has 124 valence electrons. The SMILES string of the molecule is CC1C(=O)N(Cc2ccc(CO)cc2)C(=O)N1c1ccc(F)cc1. The molecule has 3 rings (SSSR count). The number of amides is 3. The monoisotopic (exact) mass is 328 g/mol. The van der Waals surface area contributed by atoms with E-state index in [1.807, 2.05) is 0 Å². The smallest absolute Gasteiger partial charge is 0.332 e. The Morgan fingerprint density at radius 3 is 2.17 bits per heavy atom. The highest BCUT2D eigenvalue weighted by Gasteiger charge is 2.43. The first-order valence-corrected chi connectivity index (χ1v) is 7.60. The molecule has 1 saturated heterocycles. The first-order chi connectivity index (χ1) is 11.5. The van der Waals surface area contributed by atoms with Crippen LogP contribution < -0.4 is 4.90 Å². The number of carbonyl (C=O) groups excluding carboxylic acids is 2. The summed E-state index contributed by atoms with van der Waals surface area (Å²) >= 11 is 0. The number of hydrogen-bond donors (Lipinski definition) is 1. The topological polar surface area (TPSA) is 60.9 Å². The molecule has 0 radical (unpaired) electrons. The van der Waals surface area contributed by atoms with Gasteiger partial charge >= 0.3 is 6.03 Å². The Kier molecular flexibility index (Phi) is 4.31. The molecular formula is C18H17FN2O3. The van der Waals surface area contributed by atoms with Crippen molar-refractivity contribution in [1.82, 2.24) is 4.90 Å². The van der Waals surface area contributed by atoms with Crippen LogP contribution in [0, 0.1) is 5.82 Å². The van der Waals surface area contributed by atoms with E-state index < -0.39 is 17.9 Å². The Morgan fingerprint density at radius 2 is 1.58 bits per heavy atom. The van der Waals surface area contributed by atoms with Crippen molar-refractivity contribution in [3.63, 3.8) is 0 Å². The molecule has 6 heteroatoms. The van der Waals surface area contributed by atoms with Crippen molar-refractivity contribution in [2.75, 3.05) is 4.90 Å². The lowest BCUT2D eigenvalue weighted by molar-refractivity contribution is -0.127. The molecule has 2 aromatic carbocycles. The molecule has 1 fully saturated rings. The molecule has 1 N–H and O–H groups in total. The third-order valence-electron chi connectivity index (χ3n) is 4.10. The Balaban J connectivity index is 1.83. The molecule has 5 nitrogen and oxygen atoms in total. The van der Waals surface area contributed by atoms with Gasteiger partial charge in [0.2, 0.25) is 0 Å². The second kappa shape index (κ2) is 6.41. The molecule has 0 saturated carbocycles. The molecule has 0 aliphatic carbocycles. The number of benzene rings is 2. The van der Waals surface area contributed by atoms with Crippen molar-refractivity contribution in [3.05, 3.63) is 65.5 Å². The molecule has 1 aliphatic heterocycles. The minimum absolute atomic E-state index is 0.0583. The van der Waals surface area contributed by atoms with Gasteiger partial charge in [-0.05, 0) is 42.3 Å². The van der Waals surface area contributed by atoms with Crippen LogP contribution >= 0.6 is 0 Å². The van der Waals surface area contributed by atoms with Crippen LogP contribution in [0.15, 0.2) is 48.5 Å². The summed E-state index contributed by atoms with van der Waals surface area (Å²) in [6.45, 7) is 1.75. The Bertz CT molecular complexity index is 759. The van der Waals surface area contributed by atoms with Gasteiger partial charge in [0.05, 0.1) is 13.2 Å². The van der Waals surface area contributed by atoms with Crippen molar-refractivity contribution in [2.24, 2.45) is 0 Å². The molecule has 1 aliphatic rings. The third kappa shape index (κ3) is 2.88. The van der Waals surface area contributed by atoms with Crippen LogP contribution in [-0.4, -0.2) is 28.0 Å². The van der Waals surface area contributed by atoms with E-state index >= 15 is 0 Å². The number of anilines is 1. The van der Waals surface area contributed by atoms with E-state index in [0.717, 1.165) is 11.1 Å². The summed E-state index contributed by atoms with van der Waals surface area (Å²) in [4.78, 5) is 27.6. The largest absolute Gasteiger partial charge is 0.392 e. The molecule has 24 heavy (non-hydrogen) atoms. The molecular weight excluding hydrogens is 311 g/mol. The van der Waals surface area contributed by atoms with Gasteiger partial charge in [-0.15, -0.1) is 0 Å². The van der Waals surface area contributed by atoms with Gasteiger partial charge in [0.25, 0.3) is 5.91 Å². The zero-order chi connectivity index (χ0) is 17.3.